The minimum atomic E-state index is 0. The number of rotatable bonds is 13. The minimum absolute atomic E-state index is 0. The third-order valence-corrected chi connectivity index (χ3v) is 4.45. The van der Waals surface area contributed by atoms with Crippen molar-refractivity contribution in [1.82, 2.24) is 0 Å². The fourth-order valence-corrected chi connectivity index (χ4v) is 3.17. The predicted octanol–water partition coefficient (Wildman–Crippen LogP) is 0.261. The van der Waals surface area contributed by atoms with Crippen LogP contribution in [0.15, 0.2) is 0 Å². The summed E-state index contributed by atoms with van der Waals surface area (Å²) >= 11 is 0. The summed E-state index contributed by atoms with van der Waals surface area (Å²) in [5.41, 5.74) is 0. The summed E-state index contributed by atoms with van der Waals surface area (Å²) < 4.78 is 2.51. The smallest absolute Gasteiger partial charge is 0.325 e. The van der Waals surface area contributed by atoms with Gasteiger partial charge in [0, 0.05) is 6.42 Å². The van der Waals surface area contributed by atoms with E-state index in [1.54, 1.807) is 4.90 Å². The molecule has 0 amide bonds. The summed E-state index contributed by atoms with van der Waals surface area (Å²) in [7, 11) is 0. The van der Waals surface area contributed by atoms with Gasteiger partial charge >= 0.3 is 6.34 Å². The summed E-state index contributed by atoms with van der Waals surface area (Å²) in [6, 6.07) is 0. The zero-order valence-electron chi connectivity index (χ0n) is 14.5. The minimum Gasteiger partial charge on any atom is -1.00 e. The van der Waals surface area contributed by atoms with Gasteiger partial charge in [0.05, 0.1) is 6.54 Å². The Balaban J connectivity index is 0.00000400. The van der Waals surface area contributed by atoms with Crippen LogP contribution >= 0.6 is 0 Å². The number of nitrogens with one attached hydrogen (secondary N) is 1. The molecule has 0 aromatic heterocycles. The number of quaternary nitrogens is 1. The SMILES string of the molecule is CCCCCCCCCCCC[NH+]1C=[N+](CCC)CC1.[I-]. The van der Waals surface area contributed by atoms with Crippen LogP contribution in [-0.4, -0.2) is 37.1 Å². The molecule has 126 valence electrons. The van der Waals surface area contributed by atoms with Crippen LogP contribution in [0.5, 0.6) is 0 Å². The molecule has 1 aliphatic heterocycles. The summed E-state index contributed by atoms with van der Waals surface area (Å²) in [4.78, 5) is 1.71. The van der Waals surface area contributed by atoms with Gasteiger partial charge in [0.15, 0.2) is 6.54 Å². The molecule has 0 aromatic carbocycles. The van der Waals surface area contributed by atoms with Crippen molar-refractivity contribution < 1.29 is 33.5 Å². The standard InChI is InChI=1S/C18H37N2.HI/c1-3-5-6-7-8-9-10-11-12-13-15-20-17-16-19(18-20)14-4-2;/h18H,3-17H2,1-2H3;1H/q+1;. The van der Waals surface area contributed by atoms with Gasteiger partial charge in [-0.15, -0.1) is 0 Å². The van der Waals surface area contributed by atoms with E-state index in [4.69, 9.17) is 0 Å². The Kier molecular flexibility index (Phi) is 15.5. The molecule has 21 heavy (non-hydrogen) atoms. The molecule has 0 bridgehead atoms. The fraction of sp³-hybridized carbons (Fsp3) is 0.944. The van der Waals surface area contributed by atoms with Crippen molar-refractivity contribution in [2.24, 2.45) is 0 Å². The number of halogens is 1. The van der Waals surface area contributed by atoms with Crippen LogP contribution in [0.3, 0.4) is 0 Å². The Morgan fingerprint density at radius 2 is 1.38 bits per heavy atom. The molecule has 0 spiro atoms. The van der Waals surface area contributed by atoms with E-state index in [9.17, 15) is 0 Å². The molecule has 1 rings (SSSR count). The Labute approximate surface area is 150 Å². The molecular formula is C18H38IN2+. The largest absolute Gasteiger partial charge is 1.00 e. The molecule has 1 heterocycles. The maximum Gasteiger partial charge on any atom is 0.325 e. The highest BCUT2D eigenvalue weighted by Gasteiger charge is 2.21. The Morgan fingerprint density at radius 1 is 0.810 bits per heavy atom. The van der Waals surface area contributed by atoms with E-state index >= 15 is 0 Å². The van der Waals surface area contributed by atoms with Gasteiger partial charge in [-0.2, -0.15) is 4.58 Å². The van der Waals surface area contributed by atoms with Gasteiger partial charge in [-0.25, -0.2) is 4.90 Å². The lowest BCUT2D eigenvalue weighted by Gasteiger charge is -2.05. The van der Waals surface area contributed by atoms with Crippen LogP contribution < -0.4 is 28.9 Å². The average molecular weight is 409 g/mol. The number of hydrogen-bond acceptors (Lipinski definition) is 0. The molecule has 0 fully saturated rings. The third-order valence-electron chi connectivity index (χ3n) is 4.45. The summed E-state index contributed by atoms with van der Waals surface area (Å²) in [6.07, 6.45) is 18.2. The molecule has 1 atom stereocenters. The molecule has 0 radical (unpaired) electrons. The summed E-state index contributed by atoms with van der Waals surface area (Å²) in [5.74, 6) is 0. The van der Waals surface area contributed by atoms with E-state index < -0.39 is 0 Å². The normalized spacial score (nSPS) is 17.6. The van der Waals surface area contributed by atoms with Crippen LogP contribution in [0.25, 0.3) is 0 Å². The van der Waals surface area contributed by atoms with E-state index in [1.165, 1.54) is 96.8 Å². The first-order chi connectivity index (χ1) is 9.86. The monoisotopic (exact) mass is 409 g/mol. The van der Waals surface area contributed by atoms with Gasteiger partial charge in [0.25, 0.3) is 0 Å². The number of nitrogens with zero attached hydrogens (tertiary/aromatic N) is 1. The van der Waals surface area contributed by atoms with Gasteiger partial charge < -0.3 is 24.0 Å². The van der Waals surface area contributed by atoms with Gasteiger partial charge in [-0.3, -0.25) is 0 Å². The predicted molar refractivity (Wildman–Crippen MR) is 88.9 cm³/mol. The highest BCUT2D eigenvalue weighted by atomic mass is 127. The van der Waals surface area contributed by atoms with Crippen LogP contribution in [0, 0.1) is 0 Å². The first kappa shape index (κ1) is 21.4. The third kappa shape index (κ3) is 11.6. The Morgan fingerprint density at radius 3 is 1.95 bits per heavy atom. The quantitative estimate of drug-likeness (QED) is 0.254. The van der Waals surface area contributed by atoms with Crippen molar-refractivity contribution in [2.45, 2.75) is 84.5 Å². The molecule has 0 saturated heterocycles. The van der Waals surface area contributed by atoms with Gasteiger partial charge in [-0.05, 0) is 12.8 Å². The Hall–Kier alpha value is 0.360. The van der Waals surface area contributed by atoms with Crippen LogP contribution in [-0.2, 0) is 0 Å². The van der Waals surface area contributed by atoms with E-state index in [0.29, 0.717) is 0 Å². The van der Waals surface area contributed by atoms with Crippen molar-refractivity contribution in [2.75, 3.05) is 26.2 Å². The number of unbranched alkanes of at least 4 members (excludes halogenated alkanes) is 9. The highest BCUT2D eigenvalue weighted by molar-refractivity contribution is 5.37. The molecule has 3 heteroatoms. The molecule has 0 aromatic rings. The second-order valence-electron chi connectivity index (χ2n) is 6.51. The van der Waals surface area contributed by atoms with Crippen molar-refractivity contribution in [3.8, 4) is 0 Å². The number of hydrogen-bond donors (Lipinski definition) is 1. The first-order valence-electron chi connectivity index (χ1n) is 9.30. The van der Waals surface area contributed by atoms with Crippen LogP contribution in [0.1, 0.15) is 84.5 Å². The van der Waals surface area contributed by atoms with Gasteiger partial charge in [0.1, 0.15) is 13.1 Å². The first-order valence-corrected chi connectivity index (χ1v) is 9.30. The molecule has 1 aliphatic rings. The zero-order chi connectivity index (χ0) is 14.5. The van der Waals surface area contributed by atoms with Gasteiger partial charge in [0.2, 0.25) is 0 Å². The van der Waals surface area contributed by atoms with Crippen LogP contribution in [0.2, 0.25) is 0 Å². The van der Waals surface area contributed by atoms with E-state index in [2.05, 4.69) is 24.8 Å². The topological polar surface area (TPSA) is 7.45 Å². The summed E-state index contributed by atoms with van der Waals surface area (Å²) in [6.45, 7) is 9.78. The second kappa shape index (κ2) is 15.3. The van der Waals surface area contributed by atoms with Crippen molar-refractivity contribution in [1.29, 1.82) is 0 Å². The lowest BCUT2D eigenvalue weighted by molar-refractivity contribution is -0.793. The van der Waals surface area contributed by atoms with Crippen LogP contribution in [0.4, 0.5) is 0 Å². The molecule has 1 N–H and O–H groups in total. The van der Waals surface area contributed by atoms with Gasteiger partial charge in [-0.1, -0.05) is 65.2 Å². The van der Waals surface area contributed by atoms with E-state index in [1.807, 2.05) is 0 Å². The zero-order valence-corrected chi connectivity index (χ0v) is 16.7. The molecule has 0 aliphatic carbocycles. The lowest BCUT2D eigenvalue weighted by atomic mass is 10.1. The molecule has 0 saturated carbocycles. The molecule has 2 nitrogen and oxygen atoms in total. The maximum absolute atomic E-state index is 2.51. The van der Waals surface area contributed by atoms with Crippen molar-refractivity contribution in [3.63, 3.8) is 0 Å². The Bertz CT molecular complexity index is 254. The fourth-order valence-electron chi connectivity index (χ4n) is 3.17. The summed E-state index contributed by atoms with van der Waals surface area (Å²) in [5, 5.41) is 0. The molecular weight excluding hydrogens is 371 g/mol. The maximum atomic E-state index is 2.51. The lowest BCUT2D eigenvalue weighted by Crippen LogP contribution is -3.10. The van der Waals surface area contributed by atoms with Crippen molar-refractivity contribution in [3.05, 3.63) is 0 Å². The highest BCUT2D eigenvalue weighted by Crippen LogP contribution is 2.09. The van der Waals surface area contributed by atoms with E-state index in [0.717, 1.165) is 0 Å². The average Bonchev–Trinajstić information content (AvgIpc) is 2.89. The molecule has 1 unspecified atom stereocenters. The van der Waals surface area contributed by atoms with E-state index in [-0.39, 0.29) is 24.0 Å². The second-order valence-corrected chi connectivity index (χ2v) is 6.51. The van der Waals surface area contributed by atoms with Crippen molar-refractivity contribution >= 4 is 6.34 Å².